The van der Waals surface area contributed by atoms with E-state index in [9.17, 15) is 23.6 Å². The van der Waals surface area contributed by atoms with E-state index < -0.39 is 46.6 Å². The topological polar surface area (TPSA) is 84.0 Å². The Kier molecular flexibility index (Phi) is 6.51. The highest BCUT2D eigenvalue weighted by Crippen LogP contribution is 2.54. The second kappa shape index (κ2) is 9.47. The lowest BCUT2D eigenvalue weighted by atomic mass is 9.65. The zero-order valence-corrected chi connectivity index (χ0v) is 22.7. The second-order valence-electron chi connectivity index (χ2n) is 10.4. The maximum absolute atomic E-state index is 14.8. The summed E-state index contributed by atoms with van der Waals surface area (Å²) in [6.07, 6.45) is -1.35. The summed E-state index contributed by atoms with van der Waals surface area (Å²) in [6, 6.07) is 16.1. The fourth-order valence-corrected chi connectivity index (χ4v) is 5.58. The number of fused-ring (bicyclic) bond motifs is 1. The molecule has 0 aromatic heterocycles. The lowest BCUT2D eigenvalue weighted by Gasteiger charge is -2.33. The molecule has 0 aliphatic carbocycles. The predicted molar refractivity (Wildman–Crippen MR) is 144 cm³/mol. The minimum Gasteiger partial charge on any atom is -0.443 e. The summed E-state index contributed by atoms with van der Waals surface area (Å²) in [4.78, 5) is 57.0. The van der Waals surface area contributed by atoms with Crippen molar-refractivity contribution in [3.63, 3.8) is 0 Å². The van der Waals surface area contributed by atoms with Crippen molar-refractivity contribution in [2.75, 3.05) is 9.80 Å². The molecule has 0 bridgehead atoms. The van der Waals surface area contributed by atoms with Crippen LogP contribution in [0.3, 0.4) is 0 Å². The molecule has 3 aromatic carbocycles. The van der Waals surface area contributed by atoms with Gasteiger partial charge in [0.25, 0.3) is 5.91 Å². The number of nitrogens with zero attached hydrogens (tertiary/aromatic N) is 2. The van der Waals surface area contributed by atoms with Crippen LogP contribution in [0.1, 0.15) is 38.3 Å². The predicted octanol–water partition coefficient (Wildman–Crippen LogP) is 6.28. The average Bonchev–Trinajstić information content (AvgIpc) is 3.30. The number of benzene rings is 3. The summed E-state index contributed by atoms with van der Waals surface area (Å²) in [5.74, 6) is -4.07. The minimum absolute atomic E-state index is 0.0766. The van der Waals surface area contributed by atoms with E-state index in [-0.39, 0.29) is 33.4 Å². The summed E-state index contributed by atoms with van der Waals surface area (Å²) in [5.41, 5.74) is -2.17. The van der Waals surface area contributed by atoms with E-state index in [4.69, 9.17) is 27.9 Å². The number of carbonyl (C=O) groups excluding carboxylic acids is 4. The van der Waals surface area contributed by atoms with Crippen LogP contribution >= 0.6 is 23.2 Å². The Balaban J connectivity index is 1.73. The van der Waals surface area contributed by atoms with Gasteiger partial charge in [-0.25, -0.2) is 14.1 Å². The van der Waals surface area contributed by atoms with Gasteiger partial charge < -0.3 is 4.74 Å². The third kappa shape index (κ3) is 4.28. The Hall–Kier alpha value is -3.75. The Bertz CT molecular complexity index is 1540. The first-order valence-corrected chi connectivity index (χ1v) is 12.9. The van der Waals surface area contributed by atoms with Crippen molar-refractivity contribution in [2.45, 2.75) is 38.2 Å². The van der Waals surface area contributed by atoms with Crippen LogP contribution in [0.15, 0.2) is 66.7 Å². The molecule has 2 heterocycles. The molecule has 0 N–H and O–H groups in total. The smallest absolute Gasteiger partial charge is 0.421 e. The number of hydrogen-bond donors (Lipinski definition) is 0. The molecule has 1 saturated heterocycles. The highest BCUT2D eigenvalue weighted by Gasteiger charge is 2.64. The van der Waals surface area contributed by atoms with Crippen LogP contribution in [0.4, 0.5) is 20.6 Å². The van der Waals surface area contributed by atoms with Crippen molar-refractivity contribution in [3.05, 3.63) is 93.7 Å². The van der Waals surface area contributed by atoms with Gasteiger partial charge in [-0.1, -0.05) is 53.5 Å². The number of rotatable bonds is 3. The zero-order valence-electron chi connectivity index (χ0n) is 21.2. The van der Waals surface area contributed by atoms with Crippen LogP contribution < -0.4 is 9.80 Å². The van der Waals surface area contributed by atoms with Crippen LogP contribution in [-0.2, 0) is 24.5 Å². The van der Waals surface area contributed by atoms with Gasteiger partial charge >= 0.3 is 6.09 Å². The van der Waals surface area contributed by atoms with Gasteiger partial charge in [0.05, 0.1) is 27.3 Å². The maximum Gasteiger partial charge on any atom is 0.421 e. The van der Waals surface area contributed by atoms with E-state index in [0.29, 0.717) is 5.56 Å². The van der Waals surface area contributed by atoms with E-state index in [1.165, 1.54) is 24.3 Å². The first kappa shape index (κ1) is 26.8. The molecular weight excluding hydrogens is 546 g/mol. The highest BCUT2D eigenvalue weighted by atomic mass is 35.5. The lowest BCUT2D eigenvalue weighted by Crippen LogP contribution is -2.51. The Morgan fingerprint density at radius 2 is 1.67 bits per heavy atom. The number of halogens is 3. The molecule has 2 atom stereocenters. The molecule has 3 aromatic rings. The van der Waals surface area contributed by atoms with Gasteiger partial charge in [0, 0.05) is 12.0 Å². The van der Waals surface area contributed by atoms with Gasteiger partial charge in [0.1, 0.15) is 16.8 Å². The molecule has 10 heteroatoms. The molecule has 5 rings (SSSR count). The molecule has 1 unspecified atom stereocenters. The standard InChI is InChI=1S/C29H23Cl2FN2O5/c1-28(2,3)39-27(38)34-23-12-9-17(32)13-19(23)29(26(34)37,16-7-5-4-6-8-16)20-15-24(35)33(25(20)36)18-10-11-21(30)22(31)14-18/h4-14,20H,15H2,1-3H3/t20-,29?/m1/s1. The third-order valence-corrected chi connectivity index (χ3v) is 7.54. The Morgan fingerprint density at radius 3 is 2.31 bits per heavy atom. The zero-order chi connectivity index (χ0) is 28.3. The highest BCUT2D eigenvalue weighted by molar-refractivity contribution is 6.42. The first-order valence-electron chi connectivity index (χ1n) is 12.1. The number of ether oxygens (including phenoxy) is 1. The van der Waals surface area contributed by atoms with E-state index in [1.807, 2.05) is 0 Å². The molecule has 0 spiro atoms. The SMILES string of the molecule is CC(C)(C)OC(=O)N1C(=O)C(c2ccccc2)([C@@H]2CC(=O)N(c3ccc(Cl)c(Cl)c3)C2=O)c2cc(F)ccc21. The molecule has 2 aliphatic heterocycles. The monoisotopic (exact) mass is 568 g/mol. The molecule has 4 amide bonds. The van der Waals surface area contributed by atoms with Gasteiger partial charge in [0.15, 0.2) is 0 Å². The van der Waals surface area contributed by atoms with Crippen molar-refractivity contribution >= 4 is 58.4 Å². The van der Waals surface area contributed by atoms with E-state index >= 15 is 0 Å². The van der Waals surface area contributed by atoms with Crippen molar-refractivity contribution in [3.8, 4) is 0 Å². The van der Waals surface area contributed by atoms with Gasteiger partial charge in [-0.05, 0) is 62.7 Å². The molecule has 2 aliphatic rings. The van der Waals surface area contributed by atoms with Crippen molar-refractivity contribution in [1.82, 2.24) is 0 Å². The second-order valence-corrected chi connectivity index (χ2v) is 11.2. The minimum atomic E-state index is -1.90. The lowest BCUT2D eigenvalue weighted by molar-refractivity contribution is -0.130. The van der Waals surface area contributed by atoms with Crippen LogP contribution in [0.2, 0.25) is 10.0 Å². The largest absolute Gasteiger partial charge is 0.443 e. The van der Waals surface area contributed by atoms with Gasteiger partial charge in [-0.3, -0.25) is 19.3 Å². The van der Waals surface area contributed by atoms with Crippen molar-refractivity contribution in [1.29, 1.82) is 0 Å². The van der Waals surface area contributed by atoms with E-state index in [2.05, 4.69) is 0 Å². The fraction of sp³-hybridized carbons (Fsp3) is 0.241. The number of hydrogen-bond acceptors (Lipinski definition) is 5. The number of carbonyl (C=O) groups is 4. The van der Waals surface area contributed by atoms with Gasteiger partial charge in [-0.2, -0.15) is 0 Å². The molecule has 7 nitrogen and oxygen atoms in total. The normalized spacial score (nSPS) is 21.0. The first-order chi connectivity index (χ1) is 18.4. The summed E-state index contributed by atoms with van der Waals surface area (Å²) in [7, 11) is 0. The van der Waals surface area contributed by atoms with Crippen LogP contribution in [-0.4, -0.2) is 29.4 Å². The summed E-state index contributed by atoms with van der Waals surface area (Å²) >= 11 is 12.2. The third-order valence-electron chi connectivity index (χ3n) is 6.80. The summed E-state index contributed by atoms with van der Waals surface area (Å²) < 4.78 is 20.3. The Labute approximate surface area is 234 Å². The molecule has 0 radical (unpaired) electrons. The van der Waals surface area contributed by atoms with Crippen LogP contribution in [0, 0.1) is 11.7 Å². The summed E-state index contributed by atoms with van der Waals surface area (Å²) in [6.45, 7) is 4.95. The van der Waals surface area contributed by atoms with Crippen molar-refractivity contribution in [2.24, 2.45) is 5.92 Å². The maximum atomic E-state index is 14.8. The molecule has 39 heavy (non-hydrogen) atoms. The number of anilines is 2. The number of imide groups is 2. The average molecular weight is 569 g/mol. The molecule has 0 saturated carbocycles. The molecule has 200 valence electrons. The van der Waals surface area contributed by atoms with Crippen molar-refractivity contribution < 1.29 is 28.3 Å². The van der Waals surface area contributed by atoms with Crippen LogP contribution in [0.5, 0.6) is 0 Å². The molecular formula is C29H23Cl2FN2O5. The van der Waals surface area contributed by atoms with E-state index in [1.54, 1.807) is 51.1 Å². The van der Waals surface area contributed by atoms with Gasteiger partial charge in [0.2, 0.25) is 11.8 Å². The van der Waals surface area contributed by atoms with Gasteiger partial charge in [-0.15, -0.1) is 0 Å². The van der Waals surface area contributed by atoms with Crippen LogP contribution in [0.25, 0.3) is 0 Å². The summed E-state index contributed by atoms with van der Waals surface area (Å²) in [5, 5.41) is 0.372. The number of amides is 4. The Morgan fingerprint density at radius 1 is 0.974 bits per heavy atom. The fourth-order valence-electron chi connectivity index (χ4n) is 5.29. The quantitative estimate of drug-likeness (QED) is 0.347. The van der Waals surface area contributed by atoms with E-state index in [0.717, 1.165) is 21.9 Å². The molecule has 1 fully saturated rings.